The Labute approximate surface area is 315 Å². The molecule has 54 heavy (non-hydrogen) atoms. The van der Waals surface area contributed by atoms with Crippen LogP contribution in [-0.4, -0.2) is 9.55 Å². The minimum absolute atomic E-state index is 0.143. The van der Waals surface area contributed by atoms with Crippen LogP contribution in [-0.2, 0) is 5.41 Å². The summed E-state index contributed by atoms with van der Waals surface area (Å²) in [7, 11) is 0. The molecule has 0 atom stereocenters. The molecular weight excluding hydrogens is 655 g/mol. The predicted molar refractivity (Wildman–Crippen MR) is 223 cm³/mol. The molecule has 0 saturated heterocycles. The average molecular weight is 690 g/mol. The summed E-state index contributed by atoms with van der Waals surface area (Å²) in [6.07, 6.45) is 0. The van der Waals surface area contributed by atoms with Crippen LogP contribution in [0.4, 0.5) is 0 Å². The van der Waals surface area contributed by atoms with E-state index in [-0.39, 0.29) is 5.41 Å². The molecule has 0 N–H and O–H groups in total. The van der Waals surface area contributed by atoms with Crippen molar-refractivity contribution in [1.29, 1.82) is 5.26 Å². The van der Waals surface area contributed by atoms with Crippen molar-refractivity contribution in [2.75, 3.05) is 0 Å². The van der Waals surface area contributed by atoms with Gasteiger partial charge in [0.1, 0.15) is 0 Å². The highest BCUT2D eigenvalue weighted by molar-refractivity contribution is 6.15. The standard InChI is InChI=1S/C51H35N3/c1-51(2)44-23-13-11-22-43(44)49-45(51)26-25-42-41-21-12-14-24-48(41)54(50(42)49)39-28-37(40-20-10-9-19-35(40)32-52)27-38(29-39)47-31-36(33-15-5-3-6-16-33)30-46(53-47)34-17-7-4-8-18-34/h3-31H,1-2H3. The van der Waals surface area contributed by atoms with E-state index >= 15 is 0 Å². The van der Waals surface area contributed by atoms with Crippen LogP contribution in [0.15, 0.2) is 176 Å². The Kier molecular flexibility index (Phi) is 7.22. The highest BCUT2D eigenvalue weighted by atomic mass is 15.0. The molecule has 0 bridgehead atoms. The van der Waals surface area contributed by atoms with Gasteiger partial charge in [-0.15, -0.1) is 0 Å². The fourth-order valence-corrected chi connectivity index (χ4v) is 8.62. The van der Waals surface area contributed by atoms with Gasteiger partial charge < -0.3 is 4.57 Å². The van der Waals surface area contributed by atoms with Crippen molar-refractivity contribution in [1.82, 2.24) is 9.55 Å². The molecule has 0 saturated carbocycles. The number of rotatable bonds is 5. The van der Waals surface area contributed by atoms with Crippen molar-refractivity contribution in [3.05, 3.63) is 193 Å². The number of hydrogen-bond donors (Lipinski definition) is 0. The van der Waals surface area contributed by atoms with Crippen molar-refractivity contribution < 1.29 is 0 Å². The van der Waals surface area contributed by atoms with Gasteiger partial charge in [0.15, 0.2) is 0 Å². The van der Waals surface area contributed by atoms with Gasteiger partial charge in [0.05, 0.1) is 34.1 Å². The Bertz CT molecular complexity index is 2900. The zero-order valence-electron chi connectivity index (χ0n) is 30.1. The van der Waals surface area contributed by atoms with Crippen LogP contribution in [0.25, 0.3) is 83.4 Å². The fraction of sp³-hybridized carbons (Fsp3) is 0.0588. The molecule has 10 rings (SSSR count). The summed E-state index contributed by atoms with van der Waals surface area (Å²) in [5, 5.41) is 12.7. The number of nitriles is 1. The molecule has 0 unspecified atom stereocenters. The Morgan fingerprint density at radius 3 is 1.91 bits per heavy atom. The average Bonchev–Trinajstić information content (AvgIpc) is 3.69. The maximum absolute atomic E-state index is 10.3. The van der Waals surface area contributed by atoms with Crippen LogP contribution < -0.4 is 0 Å². The van der Waals surface area contributed by atoms with Crippen LogP contribution >= 0.6 is 0 Å². The van der Waals surface area contributed by atoms with E-state index < -0.39 is 0 Å². The lowest BCUT2D eigenvalue weighted by Gasteiger charge is -2.21. The van der Waals surface area contributed by atoms with Gasteiger partial charge in [0.2, 0.25) is 0 Å². The molecule has 254 valence electrons. The zero-order valence-corrected chi connectivity index (χ0v) is 30.1. The third kappa shape index (κ3) is 4.92. The van der Waals surface area contributed by atoms with E-state index in [0.29, 0.717) is 5.56 Å². The largest absolute Gasteiger partial charge is 0.309 e. The molecule has 7 aromatic carbocycles. The molecule has 0 amide bonds. The van der Waals surface area contributed by atoms with Crippen molar-refractivity contribution in [3.63, 3.8) is 0 Å². The van der Waals surface area contributed by atoms with Crippen molar-refractivity contribution in [3.8, 4) is 67.7 Å². The first-order valence-corrected chi connectivity index (χ1v) is 18.4. The van der Waals surface area contributed by atoms with E-state index in [9.17, 15) is 5.26 Å². The number of fused-ring (bicyclic) bond motifs is 7. The number of aromatic nitrogens is 2. The summed E-state index contributed by atoms with van der Waals surface area (Å²) >= 11 is 0. The van der Waals surface area contributed by atoms with Gasteiger partial charge in [0, 0.05) is 38.6 Å². The quantitative estimate of drug-likeness (QED) is 0.180. The van der Waals surface area contributed by atoms with Gasteiger partial charge in [-0.2, -0.15) is 5.26 Å². The van der Waals surface area contributed by atoms with Gasteiger partial charge in [0.25, 0.3) is 0 Å². The van der Waals surface area contributed by atoms with Gasteiger partial charge in [-0.25, -0.2) is 4.98 Å². The second-order valence-electron chi connectivity index (χ2n) is 14.7. The molecule has 0 fully saturated rings. The number of benzene rings is 7. The molecule has 0 aliphatic heterocycles. The van der Waals surface area contributed by atoms with Crippen LogP contribution in [0, 0.1) is 11.3 Å². The lowest BCUT2D eigenvalue weighted by Crippen LogP contribution is -2.14. The Balaban J connectivity index is 1.32. The van der Waals surface area contributed by atoms with E-state index in [4.69, 9.17) is 4.98 Å². The third-order valence-electron chi connectivity index (χ3n) is 11.2. The van der Waals surface area contributed by atoms with E-state index in [0.717, 1.165) is 56.0 Å². The predicted octanol–water partition coefficient (Wildman–Crippen LogP) is 13.0. The van der Waals surface area contributed by atoms with Gasteiger partial charge >= 0.3 is 0 Å². The van der Waals surface area contributed by atoms with E-state index in [1.165, 1.54) is 38.5 Å². The summed E-state index contributed by atoms with van der Waals surface area (Å²) < 4.78 is 2.45. The third-order valence-corrected chi connectivity index (χ3v) is 11.2. The van der Waals surface area contributed by atoms with E-state index in [1.54, 1.807) is 0 Å². The number of nitrogens with zero attached hydrogens (tertiary/aromatic N) is 3. The number of hydrogen-bond acceptors (Lipinski definition) is 2. The van der Waals surface area contributed by atoms with Crippen LogP contribution in [0.3, 0.4) is 0 Å². The molecule has 1 aliphatic rings. The molecule has 2 heterocycles. The molecule has 0 radical (unpaired) electrons. The first-order valence-electron chi connectivity index (χ1n) is 18.4. The van der Waals surface area contributed by atoms with Gasteiger partial charge in [-0.05, 0) is 81.4 Å². The minimum atomic E-state index is -0.143. The molecule has 2 aromatic heterocycles. The van der Waals surface area contributed by atoms with Crippen LogP contribution in [0.5, 0.6) is 0 Å². The SMILES string of the molecule is CC1(C)c2ccccc2-c2c1ccc1c3ccccc3n(-c3cc(-c4cc(-c5ccccc5)cc(-c5ccccc5)n4)cc(-c4ccccc4C#N)c3)c21. The molecule has 1 aliphatic carbocycles. The topological polar surface area (TPSA) is 41.6 Å². The molecule has 9 aromatic rings. The second-order valence-corrected chi connectivity index (χ2v) is 14.7. The molecule has 3 nitrogen and oxygen atoms in total. The highest BCUT2D eigenvalue weighted by Gasteiger charge is 2.37. The lowest BCUT2D eigenvalue weighted by atomic mass is 9.82. The second kappa shape index (κ2) is 12.3. The smallest absolute Gasteiger partial charge is 0.0998 e. The normalized spacial score (nSPS) is 12.8. The first kappa shape index (κ1) is 31.7. The summed E-state index contributed by atoms with van der Waals surface area (Å²) in [6, 6.07) is 64.6. The van der Waals surface area contributed by atoms with Gasteiger partial charge in [-0.1, -0.05) is 147 Å². The first-order chi connectivity index (χ1) is 26.5. The summed E-state index contributed by atoms with van der Waals surface area (Å²) in [5.41, 5.74) is 17.0. The summed E-state index contributed by atoms with van der Waals surface area (Å²) in [6.45, 7) is 4.67. The van der Waals surface area contributed by atoms with Crippen LogP contribution in [0.2, 0.25) is 0 Å². The lowest BCUT2D eigenvalue weighted by molar-refractivity contribution is 0.661. The Morgan fingerprint density at radius 2 is 1.13 bits per heavy atom. The molecular formula is C51H35N3. The summed E-state index contributed by atoms with van der Waals surface area (Å²) in [5.74, 6) is 0. The Morgan fingerprint density at radius 1 is 0.500 bits per heavy atom. The number of para-hydroxylation sites is 1. The summed E-state index contributed by atoms with van der Waals surface area (Å²) in [4.78, 5) is 5.36. The highest BCUT2D eigenvalue weighted by Crippen LogP contribution is 2.53. The minimum Gasteiger partial charge on any atom is -0.309 e. The van der Waals surface area contributed by atoms with Crippen molar-refractivity contribution >= 4 is 21.8 Å². The Hall–Kier alpha value is -7.02. The van der Waals surface area contributed by atoms with E-state index in [1.807, 2.05) is 36.4 Å². The number of pyridine rings is 1. The monoisotopic (exact) mass is 689 g/mol. The molecule has 0 spiro atoms. The van der Waals surface area contributed by atoms with Crippen molar-refractivity contribution in [2.24, 2.45) is 0 Å². The zero-order chi connectivity index (χ0) is 36.4. The van der Waals surface area contributed by atoms with E-state index in [2.05, 4.69) is 164 Å². The fourth-order valence-electron chi connectivity index (χ4n) is 8.62. The van der Waals surface area contributed by atoms with Gasteiger partial charge in [-0.3, -0.25) is 0 Å². The van der Waals surface area contributed by atoms with Crippen LogP contribution in [0.1, 0.15) is 30.5 Å². The molecule has 3 heteroatoms. The van der Waals surface area contributed by atoms with Crippen molar-refractivity contribution in [2.45, 2.75) is 19.3 Å². The maximum atomic E-state index is 10.3. The maximum Gasteiger partial charge on any atom is 0.0998 e.